The lowest BCUT2D eigenvalue weighted by Crippen LogP contribution is -2.29. The van der Waals surface area contributed by atoms with Crippen molar-refractivity contribution in [3.63, 3.8) is 0 Å². The molecule has 0 saturated heterocycles. The van der Waals surface area contributed by atoms with Crippen LogP contribution < -0.4 is 5.73 Å². The van der Waals surface area contributed by atoms with Gasteiger partial charge in [-0.2, -0.15) is 5.10 Å². The number of aromatic nitrogens is 2. The quantitative estimate of drug-likeness (QED) is 0.766. The Morgan fingerprint density at radius 2 is 2.23 bits per heavy atom. The fourth-order valence-electron chi connectivity index (χ4n) is 1.07. The first-order chi connectivity index (χ1) is 5.94. The van der Waals surface area contributed by atoms with Crippen LogP contribution in [0.2, 0.25) is 0 Å². The van der Waals surface area contributed by atoms with Crippen molar-refractivity contribution < 1.29 is 4.74 Å². The zero-order valence-corrected chi connectivity index (χ0v) is 8.66. The number of methoxy groups -OCH3 is 1. The maximum absolute atomic E-state index is 5.63. The Balaban J connectivity index is 2.75. The van der Waals surface area contributed by atoms with Gasteiger partial charge in [-0.15, -0.1) is 0 Å². The normalized spacial score (nSPS) is 12.0. The van der Waals surface area contributed by atoms with Gasteiger partial charge in [0.25, 0.3) is 0 Å². The summed E-state index contributed by atoms with van der Waals surface area (Å²) < 4.78 is 7.10. The lowest BCUT2D eigenvalue weighted by Gasteiger charge is -2.22. The molecule has 0 atom stereocenters. The van der Waals surface area contributed by atoms with E-state index in [2.05, 4.69) is 5.10 Å². The Hall–Kier alpha value is -1.03. The van der Waals surface area contributed by atoms with Crippen molar-refractivity contribution in [2.45, 2.75) is 32.9 Å². The van der Waals surface area contributed by atoms with Crippen molar-refractivity contribution in [2.75, 3.05) is 12.8 Å². The maximum atomic E-state index is 5.63. The summed E-state index contributed by atoms with van der Waals surface area (Å²) >= 11 is 0. The smallest absolute Gasteiger partial charge is 0.148 e. The van der Waals surface area contributed by atoms with E-state index in [-0.39, 0.29) is 5.60 Å². The lowest BCUT2D eigenvalue weighted by atomic mass is 10.1. The summed E-state index contributed by atoms with van der Waals surface area (Å²) in [6, 6.07) is 0. The third-order valence-corrected chi connectivity index (χ3v) is 2.08. The number of nitrogens with zero attached hydrogens (tertiary/aromatic N) is 2. The molecule has 0 amide bonds. The number of rotatable bonds is 3. The molecule has 0 aliphatic heterocycles. The van der Waals surface area contributed by atoms with Crippen LogP contribution in [0.15, 0.2) is 6.20 Å². The van der Waals surface area contributed by atoms with Crippen LogP contribution in [-0.4, -0.2) is 22.5 Å². The van der Waals surface area contributed by atoms with Crippen LogP contribution in [0, 0.1) is 6.92 Å². The monoisotopic (exact) mass is 183 g/mol. The first-order valence-electron chi connectivity index (χ1n) is 4.29. The van der Waals surface area contributed by atoms with Crippen LogP contribution in [0.5, 0.6) is 0 Å². The molecule has 0 aliphatic rings. The molecule has 1 aromatic heterocycles. The average Bonchev–Trinajstić information content (AvgIpc) is 2.30. The van der Waals surface area contributed by atoms with Crippen molar-refractivity contribution in [1.82, 2.24) is 9.78 Å². The highest BCUT2D eigenvalue weighted by Gasteiger charge is 2.17. The number of anilines is 1. The van der Waals surface area contributed by atoms with E-state index in [1.165, 1.54) is 0 Å². The van der Waals surface area contributed by atoms with Gasteiger partial charge in [-0.25, -0.2) is 0 Å². The first kappa shape index (κ1) is 10.1. The minimum absolute atomic E-state index is 0.203. The molecule has 0 bridgehead atoms. The van der Waals surface area contributed by atoms with Crippen molar-refractivity contribution in [1.29, 1.82) is 0 Å². The average molecular weight is 183 g/mol. The highest BCUT2D eigenvalue weighted by molar-refractivity contribution is 5.35. The lowest BCUT2D eigenvalue weighted by molar-refractivity contribution is 0.00548. The summed E-state index contributed by atoms with van der Waals surface area (Å²) in [5.41, 5.74) is 6.43. The molecular weight excluding hydrogens is 166 g/mol. The largest absolute Gasteiger partial charge is 0.382 e. The van der Waals surface area contributed by atoms with Crippen molar-refractivity contribution >= 4 is 5.82 Å². The maximum Gasteiger partial charge on any atom is 0.148 e. The minimum Gasteiger partial charge on any atom is -0.382 e. The van der Waals surface area contributed by atoms with Crippen molar-refractivity contribution in [2.24, 2.45) is 0 Å². The molecule has 0 aromatic carbocycles. The highest BCUT2D eigenvalue weighted by atomic mass is 16.5. The first-order valence-corrected chi connectivity index (χ1v) is 4.29. The van der Waals surface area contributed by atoms with Gasteiger partial charge in [-0.1, -0.05) is 0 Å². The third kappa shape index (κ3) is 2.45. The Labute approximate surface area is 78.7 Å². The summed E-state index contributed by atoms with van der Waals surface area (Å²) in [6.07, 6.45) is 1.93. The van der Waals surface area contributed by atoms with E-state index < -0.39 is 0 Å². The van der Waals surface area contributed by atoms with Crippen LogP contribution in [0.4, 0.5) is 5.82 Å². The van der Waals surface area contributed by atoms with Gasteiger partial charge in [0, 0.05) is 18.9 Å². The summed E-state index contributed by atoms with van der Waals surface area (Å²) in [7, 11) is 1.69. The highest BCUT2D eigenvalue weighted by Crippen LogP contribution is 2.13. The number of hydrogen-bond acceptors (Lipinski definition) is 3. The van der Waals surface area contributed by atoms with Crippen molar-refractivity contribution in [3.8, 4) is 0 Å². The Morgan fingerprint density at radius 1 is 1.62 bits per heavy atom. The molecule has 0 unspecified atom stereocenters. The summed E-state index contributed by atoms with van der Waals surface area (Å²) in [5.74, 6) is 0.590. The molecule has 1 aromatic rings. The second kappa shape index (κ2) is 3.38. The van der Waals surface area contributed by atoms with Gasteiger partial charge in [-0.3, -0.25) is 4.68 Å². The fraction of sp³-hybridized carbons (Fsp3) is 0.667. The molecule has 74 valence electrons. The van der Waals surface area contributed by atoms with E-state index in [9.17, 15) is 0 Å². The summed E-state index contributed by atoms with van der Waals surface area (Å²) in [6.45, 7) is 6.68. The van der Waals surface area contributed by atoms with E-state index in [4.69, 9.17) is 10.5 Å². The molecule has 4 nitrogen and oxygen atoms in total. The van der Waals surface area contributed by atoms with Gasteiger partial charge >= 0.3 is 0 Å². The van der Waals surface area contributed by atoms with Crippen LogP contribution in [0.1, 0.15) is 19.4 Å². The molecule has 0 saturated carbocycles. The topological polar surface area (TPSA) is 53.1 Å². The van der Waals surface area contributed by atoms with Gasteiger partial charge in [0.2, 0.25) is 0 Å². The van der Waals surface area contributed by atoms with Gasteiger partial charge < -0.3 is 10.5 Å². The van der Waals surface area contributed by atoms with E-state index in [1.807, 2.05) is 31.6 Å². The number of nitrogens with two attached hydrogens (primary N) is 1. The van der Waals surface area contributed by atoms with Crippen LogP contribution in [0.25, 0.3) is 0 Å². The molecule has 0 aliphatic carbocycles. The molecule has 13 heavy (non-hydrogen) atoms. The van der Waals surface area contributed by atoms with Gasteiger partial charge in [0.1, 0.15) is 5.82 Å². The Morgan fingerprint density at radius 3 is 2.62 bits per heavy atom. The zero-order valence-electron chi connectivity index (χ0n) is 8.66. The molecular formula is C9H17N3O. The number of hydrogen-bond donors (Lipinski definition) is 1. The van der Waals surface area contributed by atoms with E-state index in [0.29, 0.717) is 12.4 Å². The number of aryl methyl sites for hydroxylation is 1. The van der Waals surface area contributed by atoms with Gasteiger partial charge in [-0.05, 0) is 20.8 Å². The predicted molar refractivity (Wildman–Crippen MR) is 52.5 cm³/mol. The Bertz CT molecular complexity index is 272. The fourth-order valence-corrected chi connectivity index (χ4v) is 1.07. The second-order valence-electron chi connectivity index (χ2n) is 3.86. The summed E-state index contributed by atoms with van der Waals surface area (Å²) in [4.78, 5) is 0. The number of nitrogen functional groups attached to an aromatic ring is 1. The third-order valence-electron chi connectivity index (χ3n) is 2.08. The van der Waals surface area contributed by atoms with Gasteiger partial charge in [0.05, 0.1) is 12.1 Å². The zero-order chi connectivity index (χ0) is 10.1. The van der Waals surface area contributed by atoms with E-state index >= 15 is 0 Å². The molecule has 0 fully saturated rings. The van der Waals surface area contributed by atoms with E-state index in [1.54, 1.807) is 7.11 Å². The SMILES string of the molecule is COC(C)(C)Cn1cc(C)c(N)n1. The molecule has 4 heteroatoms. The second-order valence-corrected chi connectivity index (χ2v) is 3.86. The molecule has 0 radical (unpaired) electrons. The molecule has 1 heterocycles. The van der Waals surface area contributed by atoms with Crippen molar-refractivity contribution in [3.05, 3.63) is 11.8 Å². The van der Waals surface area contributed by atoms with Gasteiger partial charge in [0.15, 0.2) is 0 Å². The molecule has 1 rings (SSSR count). The van der Waals surface area contributed by atoms with Crippen LogP contribution in [0.3, 0.4) is 0 Å². The molecule has 2 N–H and O–H groups in total. The van der Waals surface area contributed by atoms with Crippen LogP contribution >= 0.6 is 0 Å². The minimum atomic E-state index is -0.203. The predicted octanol–water partition coefficient (Wildman–Crippen LogP) is 1.20. The van der Waals surface area contributed by atoms with E-state index in [0.717, 1.165) is 5.56 Å². The standard InChI is InChI=1S/C9H17N3O/c1-7-5-12(11-8(7)10)6-9(2,3)13-4/h5H,6H2,1-4H3,(H2,10,11). The molecule has 0 spiro atoms. The number of ether oxygens (including phenoxy) is 1. The van der Waals surface area contributed by atoms with Crippen LogP contribution in [-0.2, 0) is 11.3 Å². The Kier molecular flexibility index (Phi) is 2.61. The summed E-state index contributed by atoms with van der Waals surface area (Å²) in [5, 5.41) is 4.16.